The van der Waals surface area contributed by atoms with E-state index in [0.717, 1.165) is 36.8 Å². The van der Waals surface area contributed by atoms with E-state index < -0.39 is 4.92 Å². The van der Waals surface area contributed by atoms with Crippen molar-refractivity contribution >= 4 is 28.8 Å². The van der Waals surface area contributed by atoms with Gasteiger partial charge in [-0.15, -0.1) is 0 Å². The van der Waals surface area contributed by atoms with Crippen LogP contribution in [0, 0.1) is 10.1 Å². The van der Waals surface area contributed by atoms with Gasteiger partial charge in [-0.2, -0.15) is 0 Å². The van der Waals surface area contributed by atoms with Gasteiger partial charge in [0, 0.05) is 17.3 Å². The first-order valence-corrected chi connectivity index (χ1v) is 9.61. The number of anilines is 2. The fraction of sp³-hybridized carbons (Fsp3) is 0.333. The molecule has 0 aromatic heterocycles. The zero-order chi connectivity index (χ0) is 21.0. The second-order valence-corrected chi connectivity index (χ2v) is 7.23. The van der Waals surface area contributed by atoms with Crippen molar-refractivity contribution in [2.45, 2.75) is 19.9 Å². The monoisotopic (exact) mass is 397 g/mol. The number of hydrogen-bond acceptors (Lipinski definition) is 5. The summed E-state index contributed by atoms with van der Waals surface area (Å²) in [5, 5.41) is 13.8. The van der Waals surface area contributed by atoms with Gasteiger partial charge in [0.15, 0.2) is 11.8 Å². The van der Waals surface area contributed by atoms with E-state index in [0.29, 0.717) is 5.56 Å². The van der Waals surface area contributed by atoms with Crippen molar-refractivity contribution in [3.8, 4) is 0 Å². The average molecular weight is 397 g/mol. The van der Waals surface area contributed by atoms with Gasteiger partial charge in [0.05, 0.1) is 31.1 Å². The Morgan fingerprint density at radius 2 is 1.72 bits per heavy atom. The summed E-state index contributed by atoms with van der Waals surface area (Å²) in [6, 6.07) is 13.4. The molecule has 0 unspecified atom stereocenters. The predicted molar refractivity (Wildman–Crippen MR) is 111 cm³/mol. The summed E-state index contributed by atoms with van der Waals surface area (Å²) in [7, 11) is 0. The maximum Gasteiger partial charge on any atom is 0.292 e. The summed E-state index contributed by atoms with van der Waals surface area (Å²) in [6.07, 6.45) is 0. The first kappa shape index (κ1) is 20.5. The van der Waals surface area contributed by atoms with Crippen LogP contribution in [0.25, 0.3) is 0 Å². The molecule has 29 heavy (non-hydrogen) atoms. The summed E-state index contributed by atoms with van der Waals surface area (Å²) in [5.74, 6) is -0.183. The van der Waals surface area contributed by atoms with Crippen LogP contribution < -0.4 is 15.1 Å². The molecule has 0 radical (unpaired) electrons. The van der Waals surface area contributed by atoms with E-state index >= 15 is 0 Å². The number of quaternary nitrogens is 1. The highest BCUT2D eigenvalue weighted by molar-refractivity contribution is 5.95. The molecule has 1 aliphatic rings. The van der Waals surface area contributed by atoms with Crippen molar-refractivity contribution in [2.24, 2.45) is 0 Å². The van der Waals surface area contributed by atoms with E-state index in [4.69, 9.17) is 0 Å². The molecule has 2 N–H and O–H groups in total. The third-order valence-electron chi connectivity index (χ3n) is 5.41. The van der Waals surface area contributed by atoms with Gasteiger partial charge in [0.25, 0.3) is 11.6 Å². The number of amides is 1. The van der Waals surface area contributed by atoms with Crippen molar-refractivity contribution in [1.82, 2.24) is 0 Å². The molecule has 1 amide bonds. The number of hydrogen-bond donors (Lipinski definition) is 2. The van der Waals surface area contributed by atoms with Gasteiger partial charge in [-0.3, -0.25) is 19.7 Å². The molecular formula is C21H25N4O4+. The Morgan fingerprint density at radius 1 is 1.10 bits per heavy atom. The largest absolute Gasteiger partial charge is 0.360 e. The molecule has 3 rings (SSSR count). The number of nitro benzene ring substituents is 1. The van der Waals surface area contributed by atoms with Crippen molar-refractivity contribution in [1.29, 1.82) is 0 Å². The van der Waals surface area contributed by atoms with Gasteiger partial charge >= 0.3 is 0 Å². The fourth-order valence-corrected chi connectivity index (χ4v) is 3.56. The van der Waals surface area contributed by atoms with Crippen LogP contribution in [0.3, 0.4) is 0 Å². The van der Waals surface area contributed by atoms with Crippen molar-refractivity contribution in [2.75, 3.05) is 36.4 Å². The minimum absolute atomic E-state index is 0.0457. The summed E-state index contributed by atoms with van der Waals surface area (Å²) in [5.41, 5.74) is 1.86. The van der Waals surface area contributed by atoms with Gasteiger partial charge in [-0.25, -0.2) is 0 Å². The molecule has 1 fully saturated rings. The molecule has 0 spiro atoms. The van der Waals surface area contributed by atoms with E-state index in [1.54, 1.807) is 25.1 Å². The molecule has 0 bridgehead atoms. The molecule has 1 atom stereocenters. The molecule has 1 saturated heterocycles. The van der Waals surface area contributed by atoms with E-state index in [9.17, 15) is 19.7 Å². The van der Waals surface area contributed by atoms with E-state index in [1.165, 1.54) is 6.07 Å². The predicted octanol–water partition coefficient (Wildman–Crippen LogP) is 1.53. The van der Waals surface area contributed by atoms with Crippen molar-refractivity contribution in [3.05, 3.63) is 64.2 Å². The third-order valence-corrected chi connectivity index (χ3v) is 5.41. The number of ketones is 1. The number of nitro groups is 1. The first-order valence-electron chi connectivity index (χ1n) is 9.61. The maximum absolute atomic E-state index is 12.6. The number of nitrogens with zero attached hydrogens (tertiary/aromatic N) is 2. The van der Waals surface area contributed by atoms with Gasteiger partial charge in [-0.1, -0.05) is 12.1 Å². The molecule has 152 valence electrons. The van der Waals surface area contributed by atoms with Crippen LogP contribution in [0.5, 0.6) is 0 Å². The Kier molecular flexibility index (Phi) is 6.23. The molecule has 0 aliphatic carbocycles. The molecule has 1 heterocycles. The van der Waals surface area contributed by atoms with E-state index in [2.05, 4.69) is 10.2 Å². The summed E-state index contributed by atoms with van der Waals surface area (Å²) in [4.78, 5) is 38.1. The average Bonchev–Trinajstić information content (AvgIpc) is 2.73. The van der Waals surface area contributed by atoms with Crippen molar-refractivity contribution in [3.63, 3.8) is 0 Å². The Hall–Kier alpha value is -3.26. The minimum atomic E-state index is -0.497. The Morgan fingerprint density at radius 3 is 2.31 bits per heavy atom. The number of piperazine rings is 1. The van der Waals surface area contributed by atoms with Crippen LogP contribution in [0.2, 0.25) is 0 Å². The standard InChI is InChI=1S/C21H24N4O4/c1-15(21(27)22-19-5-3-4-6-20(19)25(28)29)23-11-13-24(14-12-23)18-9-7-17(8-10-18)16(2)26/h3-10,15H,11-14H2,1-2H3,(H,22,27)/p+1/t15-/m1/s1. The third kappa shape index (κ3) is 4.78. The van der Waals surface area contributed by atoms with Crippen molar-refractivity contribution < 1.29 is 19.4 Å². The Labute approximate surface area is 169 Å². The molecular weight excluding hydrogens is 372 g/mol. The molecule has 0 saturated carbocycles. The highest BCUT2D eigenvalue weighted by Crippen LogP contribution is 2.23. The lowest BCUT2D eigenvalue weighted by Crippen LogP contribution is -3.19. The van der Waals surface area contributed by atoms with Crippen LogP contribution in [0.4, 0.5) is 17.1 Å². The number of nitrogens with one attached hydrogen (secondary N) is 2. The lowest BCUT2D eigenvalue weighted by molar-refractivity contribution is -0.914. The van der Waals surface area contributed by atoms with Gasteiger partial charge in [0.2, 0.25) is 0 Å². The lowest BCUT2D eigenvalue weighted by Gasteiger charge is -2.36. The normalized spacial score (nSPS) is 15.6. The Bertz CT molecular complexity index is 905. The smallest absolute Gasteiger partial charge is 0.292 e. The maximum atomic E-state index is 12.6. The molecule has 2 aromatic rings. The van der Waals surface area contributed by atoms with E-state index in [1.807, 2.05) is 31.2 Å². The summed E-state index contributed by atoms with van der Waals surface area (Å²) in [6.45, 7) is 6.53. The number of rotatable bonds is 6. The van der Waals surface area contributed by atoms with E-state index in [-0.39, 0.29) is 29.1 Å². The van der Waals surface area contributed by atoms with Gasteiger partial charge < -0.3 is 15.1 Å². The topological polar surface area (TPSA) is 97.0 Å². The second kappa shape index (κ2) is 8.83. The second-order valence-electron chi connectivity index (χ2n) is 7.23. The minimum Gasteiger partial charge on any atom is -0.360 e. The molecule has 8 heteroatoms. The summed E-state index contributed by atoms with van der Waals surface area (Å²) >= 11 is 0. The van der Waals surface area contributed by atoms with Crippen LogP contribution in [0.15, 0.2) is 48.5 Å². The van der Waals surface area contributed by atoms with Crippen LogP contribution in [-0.2, 0) is 4.79 Å². The number of Topliss-reactive ketones (excluding diaryl/α,β-unsaturated/α-hetero) is 1. The highest BCUT2D eigenvalue weighted by Gasteiger charge is 2.30. The SMILES string of the molecule is CC(=O)c1ccc(N2CC[NH+]([C@H](C)C(=O)Nc3ccccc3[N+](=O)[O-])CC2)cc1. The van der Waals surface area contributed by atoms with Crippen LogP contribution >= 0.6 is 0 Å². The fourth-order valence-electron chi connectivity index (χ4n) is 3.56. The Balaban J connectivity index is 1.58. The zero-order valence-electron chi connectivity index (χ0n) is 16.6. The zero-order valence-corrected chi connectivity index (χ0v) is 16.6. The summed E-state index contributed by atoms with van der Waals surface area (Å²) < 4.78 is 0. The number of carbonyl (C=O) groups is 2. The van der Waals surface area contributed by atoms with Gasteiger partial charge in [0.1, 0.15) is 5.69 Å². The quantitative estimate of drug-likeness (QED) is 0.438. The highest BCUT2D eigenvalue weighted by atomic mass is 16.6. The van der Waals surface area contributed by atoms with Crippen LogP contribution in [-0.4, -0.2) is 48.8 Å². The molecule has 2 aromatic carbocycles. The number of benzene rings is 2. The van der Waals surface area contributed by atoms with Crippen LogP contribution in [0.1, 0.15) is 24.2 Å². The molecule has 8 nitrogen and oxygen atoms in total. The first-order chi connectivity index (χ1) is 13.9. The number of carbonyl (C=O) groups excluding carboxylic acids is 2. The van der Waals surface area contributed by atoms with Gasteiger partial charge in [-0.05, 0) is 44.2 Å². The molecule has 1 aliphatic heterocycles. The lowest BCUT2D eigenvalue weighted by atomic mass is 10.1. The number of para-hydroxylation sites is 2.